The predicted molar refractivity (Wildman–Crippen MR) is 128 cm³/mol. The van der Waals surface area contributed by atoms with Crippen molar-refractivity contribution < 1.29 is 24.1 Å². The van der Waals surface area contributed by atoms with Gasteiger partial charge >= 0.3 is 5.97 Å². The van der Waals surface area contributed by atoms with Crippen molar-refractivity contribution in [3.05, 3.63) is 35.9 Å². The zero-order valence-corrected chi connectivity index (χ0v) is 20.8. The van der Waals surface area contributed by atoms with Crippen molar-refractivity contribution in [3.8, 4) is 11.5 Å². The van der Waals surface area contributed by atoms with Crippen LogP contribution in [0.15, 0.2) is 30.4 Å². The number of ether oxygens (including phenoxy) is 3. The molecule has 9 fully saturated rings. The molecule has 1 N–H and O–H groups in total. The highest BCUT2D eigenvalue weighted by Gasteiger charge is 2.90. The van der Waals surface area contributed by atoms with Crippen LogP contribution in [0.5, 0.6) is 11.5 Å². The second-order valence-electron chi connectivity index (χ2n) is 12.9. The molecule has 6 heteroatoms. The third-order valence-corrected chi connectivity index (χ3v) is 12.1. The highest BCUT2D eigenvalue weighted by molar-refractivity contribution is 5.90. The summed E-state index contributed by atoms with van der Waals surface area (Å²) in [7, 11) is 3.16. The minimum atomic E-state index is -0.358. The van der Waals surface area contributed by atoms with Gasteiger partial charge in [-0.05, 0) is 72.1 Å². The summed E-state index contributed by atoms with van der Waals surface area (Å²) in [6.07, 6.45) is 5.15. The summed E-state index contributed by atoms with van der Waals surface area (Å²) in [5.41, 5.74) is 1.79. The van der Waals surface area contributed by atoms with E-state index in [1.54, 1.807) is 32.4 Å². The normalized spacial score (nSPS) is 53.3. The maximum absolute atomic E-state index is 13.5. The van der Waals surface area contributed by atoms with Gasteiger partial charge in [-0.15, -0.1) is 0 Å². The maximum Gasteiger partial charge on any atom is 0.338 e. The van der Waals surface area contributed by atoms with Gasteiger partial charge in [-0.25, -0.2) is 4.79 Å². The first-order chi connectivity index (χ1) is 16.8. The Balaban J connectivity index is 1.21. The Hall–Kier alpha value is -2.05. The van der Waals surface area contributed by atoms with Gasteiger partial charge in [-0.3, -0.25) is 4.90 Å². The van der Waals surface area contributed by atoms with Crippen molar-refractivity contribution in [2.75, 3.05) is 20.8 Å². The number of methoxy groups -OCH3 is 2. The van der Waals surface area contributed by atoms with Crippen LogP contribution in [0.3, 0.4) is 0 Å². The van der Waals surface area contributed by atoms with E-state index < -0.39 is 0 Å². The van der Waals surface area contributed by atoms with E-state index in [2.05, 4.69) is 18.4 Å². The Morgan fingerprint density at radius 2 is 1.94 bits per heavy atom. The van der Waals surface area contributed by atoms with Crippen LogP contribution >= 0.6 is 0 Å². The van der Waals surface area contributed by atoms with Gasteiger partial charge in [-0.1, -0.05) is 19.9 Å². The molecule has 1 aromatic carbocycles. The molecule has 1 unspecified atom stereocenters. The number of aliphatic hydroxyl groups is 1. The topological polar surface area (TPSA) is 68.2 Å². The van der Waals surface area contributed by atoms with Gasteiger partial charge in [0, 0.05) is 35.9 Å². The molecule has 6 saturated carbocycles. The first-order valence-electron chi connectivity index (χ1n) is 13.4. The summed E-state index contributed by atoms with van der Waals surface area (Å²) >= 11 is 0. The number of hydrogen-bond acceptors (Lipinski definition) is 6. The van der Waals surface area contributed by atoms with E-state index in [0.717, 1.165) is 18.4 Å². The molecule has 186 valence electrons. The summed E-state index contributed by atoms with van der Waals surface area (Å²) in [5, 5.41) is 11.9. The molecule has 0 aromatic heterocycles. The van der Waals surface area contributed by atoms with E-state index in [-0.39, 0.29) is 40.8 Å². The lowest BCUT2D eigenvalue weighted by atomic mass is 9.39. The van der Waals surface area contributed by atoms with Gasteiger partial charge in [0.15, 0.2) is 11.5 Å². The van der Waals surface area contributed by atoms with Gasteiger partial charge < -0.3 is 19.3 Å². The van der Waals surface area contributed by atoms with Crippen molar-refractivity contribution in [3.63, 3.8) is 0 Å². The molecule has 0 radical (unpaired) electrons. The molecule has 3 aliphatic heterocycles. The van der Waals surface area contributed by atoms with Gasteiger partial charge in [0.1, 0.15) is 6.10 Å². The average Bonchev–Trinajstić information content (AvgIpc) is 3.28. The number of nitrogens with zero attached hydrogens (tertiary/aromatic N) is 1. The van der Waals surface area contributed by atoms with Crippen molar-refractivity contribution in [2.45, 2.75) is 63.3 Å². The number of carbonyl (C=O) groups excluding carboxylic acids is 1. The molecule has 2 spiro atoms. The van der Waals surface area contributed by atoms with Crippen molar-refractivity contribution in [1.29, 1.82) is 0 Å². The molecule has 9 aliphatic rings. The Morgan fingerprint density at radius 1 is 1.14 bits per heavy atom. The predicted octanol–water partition coefficient (Wildman–Crippen LogP) is 3.68. The molecular weight excluding hydrogens is 442 g/mol. The van der Waals surface area contributed by atoms with Crippen LogP contribution in [0.1, 0.15) is 49.4 Å². The SMILES string of the molecule is C=C1[C@H]2C[C@@H]3[C@H]4N5C[C@]6(C)CCC[C@]47[C@H]([C@H]2O)[C@]3(C[C@H]5[C@H]67)[C@@H]1OC(=O)c1ccc(OC)c(OC)c1. The molecular formula is C29H35NO5. The maximum atomic E-state index is 13.5. The quantitative estimate of drug-likeness (QED) is 0.527. The molecule has 6 aliphatic carbocycles. The summed E-state index contributed by atoms with van der Waals surface area (Å²) < 4.78 is 17.2. The van der Waals surface area contributed by atoms with Crippen LogP contribution in [-0.2, 0) is 4.74 Å². The Morgan fingerprint density at radius 3 is 2.71 bits per heavy atom. The van der Waals surface area contributed by atoms with E-state index in [1.165, 1.54) is 25.8 Å². The summed E-state index contributed by atoms with van der Waals surface area (Å²) in [6.45, 7) is 8.19. The lowest BCUT2D eigenvalue weighted by molar-refractivity contribution is -0.213. The molecule has 12 atom stereocenters. The fourth-order valence-electron chi connectivity index (χ4n) is 11.8. The molecule has 10 rings (SSSR count). The number of rotatable bonds is 4. The number of aliphatic hydroxyl groups excluding tert-OH is 1. The van der Waals surface area contributed by atoms with E-state index in [4.69, 9.17) is 14.2 Å². The smallest absolute Gasteiger partial charge is 0.338 e. The van der Waals surface area contributed by atoms with E-state index in [9.17, 15) is 9.90 Å². The van der Waals surface area contributed by atoms with Gasteiger partial charge in [0.2, 0.25) is 0 Å². The molecule has 1 aromatic rings. The zero-order valence-electron chi connectivity index (χ0n) is 20.8. The van der Waals surface area contributed by atoms with Crippen molar-refractivity contribution in [1.82, 2.24) is 4.90 Å². The van der Waals surface area contributed by atoms with Crippen LogP contribution in [0.4, 0.5) is 0 Å². The largest absolute Gasteiger partial charge is 0.493 e. The molecule has 6 nitrogen and oxygen atoms in total. The summed E-state index contributed by atoms with van der Waals surface area (Å²) in [6, 6.07) is 6.30. The lowest BCUT2D eigenvalue weighted by Gasteiger charge is -2.66. The third kappa shape index (κ3) is 2.03. The standard InChI is InChI=1S/C29H35NO5/c1-14-16-11-17-24-28-9-5-8-27(2)13-30(24)18(22(27)28)12-29(17,23(28)21(16)31)25(14)35-26(32)15-6-7-19(33-3)20(10-15)34-4/h6-7,10,16-18,21-25,31H,1,5,8-9,11-13H2,2-4H3/t16-,17-,18+,21+,22-,23+,24-,25-,27+,28+,29-/m1/s1. The number of carbonyl (C=O) groups is 1. The van der Waals surface area contributed by atoms with Crippen molar-refractivity contribution >= 4 is 5.97 Å². The molecule has 0 amide bonds. The highest BCUT2D eigenvalue weighted by Crippen LogP contribution is 2.87. The fourth-order valence-corrected chi connectivity index (χ4v) is 11.8. The lowest BCUT2D eigenvalue weighted by Crippen LogP contribution is -2.69. The van der Waals surface area contributed by atoms with Gasteiger partial charge in [0.05, 0.1) is 25.9 Å². The van der Waals surface area contributed by atoms with Gasteiger partial charge in [-0.2, -0.15) is 0 Å². The number of piperidine rings is 2. The Labute approximate surface area is 206 Å². The fraction of sp³-hybridized carbons (Fsp3) is 0.690. The first kappa shape index (κ1) is 21.1. The molecule has 35 heavy (non-hydrogen) atoms. The first-order valence-corrected chi connectivity index (χ1v) is 13.4. The minimum Gasteiger partial charge on any atom is -0.493 e. The van der Waals surface area contributed by atoms with Crippen LogP contribution in [0, 0.1) is 39.9 Å². The number of esters is 1. The van der Waals surface area contributed by atoms with Crippen LogP contribution < -0.4 is 9.47 Å². The number of benzene rings is 1. The third-order valence-electron chi connectivity index (χ3n) is 12.1. The number of fused-ring (bicyclic) bond motifs is 1. The monoisotopic (exact) mass is 477 g/mol. The van der Waals surface area contributed by atoms with Crippen LogP contribution in [0.25, 0.3) is 0 Å². The molecule has 9 bridgehead atoms. The van der Waals surface area contributed by atoms with E-state index in [1.807, 2.05) is 0 Å². The van der Waals surface area contributed by atoms with E-state index >= 15 is 0 Å². The Kier molecular flexibility index (Phi) is 3.77. The second kappa shape index (κ2) is 6.25. The highest BCUT2D eigenvalue weighted by atomic mass is 16.5. The van der Waals surface area contributed by atoms with Crippen LogP contribution in [0.2, 0.25) is 0 Å². The minimum absolute atomic E-state index is 0.0281. The average molecular weight is 478 g/mol. The van der Waals surface area contributed by atoms with Gasteiger partial charge in [0.25, 0.3) is 0 Å². The summed E-state index contributed by atoms with van der Waals surface area (Å²) in [5.74, 6) is 2.17. The van der Waals surface area contributed by atoms with Crippen LogP contribution in [-0.4, -0.2) is 61.0 Å². The van der Waals surface area contributed by atoms with E-state index in [0.29, 0.717) is 46.4 Å². The Bertz CT molecular complexity index is 1180. The van der Waals surface area contributed by atoms with Crippen molar-refractivity contribution in [2.24, 2.45) is 39.9 Å². The molecule has 3 heterocycles. The zero-order chi connectivity index (χ0) is 24.1. The number of hydrogen-bond donors (Lipinski definition) is 1. The molecule has 3 saturated heterocycles. The summed E-state index contributed by atoms with van der Waals surface area (Å²) in [4.78, 5) is 16.4. The second-order valence-corrected chi connectivity index (χ2v) is 12.9.